The fourth-order valence-corrected chi connectivity index (χ4v) is 3.97. The van der Waals surface area contributed by atoms with E-state index in [-0.39, 0.29) is 24.6 Å². The minimum atomic E-state index is -3.61. The highest BCUT2D eigenvalue weighted by molar-refractivity contribution is 7.91. The summed E-state index contributed by atoms with van der Waals surface area (Å²) >= 11 is 0. The second-order valence-electron chi connectivity index (χ2n) is 6.03. The van der Waals surface area contributed by atoms with E-state index in [9.17, 15) is 18.0 Å². The van der Waals surface area contributed by atoms with Gasteiger partial charge >= 0.3 is 0 Å². The number of carbonyl (C=O) groups is 2. The van der Waals surface area contributed by atoms with Crippen LogP contribution >= 0.6 is 0 Å². The standard InChI is InChI=1S/C17H21N3O4S/c18-11-14-3-5-15(6-4-14)12-25(23,24)13-16(21)19-8-7-17(22)20-9-1-2-10-20/h3-6H,1-2,7-10,12-13H2,(H,19,21). The molecule has 1 aromatic carbocycles. The van der Waals surface area contributed by atoms with E-state index in [1.54, 1.807) is 17.0 Å². The van der Waals surface area contributed by atoms with Crippen LogP contribution in [-0.2, 0) is 25.2 Å². The predicted molar refractivity (Wildman–Crippen MR) is 92.1 cm³/mol. The molecule has 1 aromatic rings. The Morgan fingerprint density at radius 1 is 1.16 bits per heavy atom. The van der Waals surface area contributed by atoms with Gasteiger partial charge in [-0.1, -0.05) is 12.1 Å². The van der Waals surface area contributed by atoms with Crippen molar-refractivity contribution in [2.45, 2.75) is 25.0 Å². The lowest BCUT2D eigenvalue weighted by molar-refractivity contribution is -0.130. The zero-order chi connectivity index (χ0) is 18.3. The molecule has 2 amide bonds. The SMILES string of the molecule is N#Cc1ccc(CS(=O)(=O)CC(=O)NCCC(=O)N2CCCC2)cc1. The Morgan fingerprint density at radius 3 is 2.40 bits per heavy atom. The average Bonchev–Trinajstić information content (AvgIpc) is 3.09. The molecular formula is C17H21N3O4S. The summed E-state index contributed by atoms with van der Waals surface area (Å²) in [7, 11) is -3.61. The second kappa shape index (κ2) is 8.62. The first-order chi connectivity index (χ1) is 11.9. The molecule has 1 saturated heterocycles. The quantitative estimate of drug-likeness (QED) is 0.763. The van der Waals surface area contributed by atoms with E-state index in [0.29, 0.717) is 11.1 Å². The fourth-order valence-electron chi connectivity index (χ4n) is 2.66. The van der Waals surface area contributed by atoms with Gasteiger partial charge in [-0.15, -0.1) is 0 Å². The second-order valence-corrected chi connectivity index (χ2v) is 8.09. The number of likely N-dealkylation sites (tertiary alicyclic amines) is 1. The molecule has 1 aliphatic heterocycles. The summed E-state index contributed by atoms with van der Waals surface area (Å²) in [4.78, 5) is 25.4. The van der Waals surface area contributed by atoms with E-state index in [0.717, 1.165) is 25.9 Å². The molecule has 1 N–H and O–H groups in total. The number of hydrogen-bond acceptors (Lipinski definition) is 5. The van der Waals surface area contributed by atoms with Crippen molar-refractivity contribution >= 4 is 21.7 Å². The van der Waals surface area contributed by atoms with E-state index in [2.05, 4.69) is 5.32 Å². The number of rotatable bonds is 7. The molecule has 0 saturated carbocycles. The van der Waals surface area contributed by atoms with Crippen molar-refractivity contribution in [3.8, 4) is 6.07 Å². The van der Waals surface area contributed by atoms with Crippen LogP contribution < -0.4 is 5.32 Å². The van der Waals surface area contributed by atoms with Gasteiger partial charge in [0.25, 0.3) is 0 Å². The van der Waals surface area contributed by atoms with Gasteiger partial charge in [0, 0.05) is 26.1 Å². The van der Waals surface area contributed by atoms with Crippen LogP contribution in [0.4, 0.5) is 0 Å². The maximum Gasteiger partial charge on any atom is 0.235 e. The third-order valence-corrected chi connectivity index (χ3v) is 5.42. The smallest absolute Gasteiger partial charge is 0.235 e. The first kappa shape index (κ1) is 18.9. The predicted octanol–water partition coefficient (Wildman–Crippen LogP) is 0.602. The molecular weight excluding hydrogens is 342 g/mol. The van der Waals surface area contributed by atoms with Crippen LogP contribution in [0.25, 0.3) is 0 Å². The minimum absolute atomic E-state index is 0.0155. The number of nitrogens with one attached hydrogen (secondary N) is 1. The largest absolute Gasteiger partial charge is 0.355 e. The van der Waals surface area contributed by atoms with Crippen molar-refractivity contribution in [2.75, 3.05) is 25.4 Å². The Bertz CT molecular complexity index is 760. The minimum Gasteiger partial charge on any atom is -0.355 e. The molecule has 25 heavy (non-hydrogen) atoms. The summed E-state index contributed by atoms with van der Waals surface area (Å²) in [6.45, 7) is 1.65. The summed E-state index contributed by atoms with van der Waals surface area (Å²) in [6, 6.07) is 8.15. The van der Waals surface area contributed by atoms with Crippen LogP contribution in [0.2, 0.25) is 0 Å². The summed E-state index contributed by atoms with van der Waals surface area (Å²) in [6.07, 6.45) is 2.19. The summed E-state index contributed by atoms with van der Waals surface area (Å²) < 4.78 is 24.1. The van der Waals surface area contributed by atoms with Crippen molar-refractivity contribution in [3.05, 3.63) is 35.4 Å². The summed E-state index contributed by atoms with van der Waals surface area (Å²) in [5.41, 5.74) is 0.970. The van der Waals surface area contributed by atoms with Gasteiger partial charge in [0.2, 0.25) is 11.8 Å². The lowest BCUT2D eigenvalue weighted by atomic mass is 10.2. The lowest BCUT2D eigenvalue weighted by Gasteiger charge is -2.15. The number of benzene rings is 1. The lowest BCUT2D eigenvalue weighted by Crippen LogP contribution is -2.35. The van der Waals surface area contributed by atoms with Crippen molar-refractivity contribution in [2.24, 2.45) is 0 Å². The van der Waals surface area contributed by atoms with Crippen molar-refractivity contribution in [1.82, 2.24) is 10.2 Å². The summed E-state index contributed by atoms with van der Waals surface area (Å²) in [5, 5.41) is 11.2. The molecule has 1 fully saturated rings. The highest BCUT2D eigenvalue weighted by atomic mass is 32.2. The van der Waals surface area contributed by atoms with Gasteiger partial charge in [0.15, 0.2) is 9.84 Å². The van der Waals surface area contributed by atoms with Crippen LogP contribution in [0.3, 0.4) is 0 Å². The molecule has 134 valence electrons. The van der Waals surface area contributed by atoms with E-state index in [1.165, 1.54) is 12.1 Å². The molecule has 0 unspecified atom stereocenters. The highest BCUT2D eigenvalue weighted by Gasteiger charge is 2.19. The Kier molecular flexibility index (Phi) is 6.53. The Morgan fingerprint density at radius 2 is 1.80 bits per heavy atom. The number of nitrogens with zero attached hydrogens (tertiary/aromatic N) is 2. The van der Waals surface area contributed by atoms with E-state index >= 15 is 0 Å². The van der Waals surface area contributed by atoms with Gasteiger partial charge in [0.05, 0.1) is 17.4 Å². The molecule has 1 heterocycles. The van der Waals surface area contributed by atoms with E-state index in [4.69, 9.17) is 5.26 Å². The Hall–Kier alpha value is -2.40. The van der Waals surface area contributed by atoms with Gasteiger partial charge in [-0.05, 0) is 30.5 Å². The highest BCUT2D eigenvalue weighted by Crippen LogP contribution is 2.09. The van der Waals surface area contributed by atoms with Crippen LogP contribution in [-0.4, -0.2) is 50.5 Å². The first-order valence-corrected chi connectivity index (χ1v) is 9.96. The third kappa shape index (κ3) is 6.19. The number of amides is 2. The monoisotopic (exact) mass is 363 g/mol. The molecule has 8 heteroatoms. The average molecular weight is 363 g/mol. The summed E-state index contributed by atoms with van der Waals surface area (Å²) in [5.74, 6) is -1.51. The van der Waals surface area contributed by atoms with Crippen LogP contribution in [0, 0.1) is 11.3 Å². The van der Waals surface area contributed by atoms with E-state index in [1.807, 2.05) is 6.07 Å². The molecule has 0 spiro atoms. The van der Waals surface area contributed by atoms with Crippen molar-refractivity contribution in [3.63, 3.8) is 0 Å². The Labute approximate surface area is 147 Å². The number of carbonyl (C=O) groups excluding carboxylic acids is 2. The normalized spacial score (nSPS) is 14.1. The van der Waals surface area contributed by atoms with Gasteiger partial charge < -0.3 is 10.2 Å². The van der Waals surface area contributed by atoms with Gasteiger partial charge in [-0.3, -0.25) is 9.59 Å². The topological polar surface area (TPSA) is 107 Å². The van der Waals surface area contributed by atoms with Gasteiger partial charge in [-0.2, -0.15) is 5.26 Å². The van der Waals surface area contributed by atoms with Crippen molar-refractivity contribution in [1.29, 1.82) is 5.26 Å². The molecule has 7 nitrogen and oxygen atoms in total. The fraction of sp³-hybridized carbons (Fsp3) is 0.471. The number of hydrogen-bond donors (Lipinski definition) is 1. The maximum absolute atomic E-state index is 12.1. The molecule has 2 rings (SSSR count). The molecule has 0 atom stereocenters. The Balaban J connectivity index is 1.76. The van der Waals surface area contributed by atoms with E-state index < -0.39 is 21.5 Å². The van der Waals surface area contributed by atoms with Crippen LogP contribution in [0.15, 0.2) is 24.3 Å². The zero-order valence-corrected chi connectivity index (χ0v) is 14.7. The van der Waals surface area contributed by atoms with Gasteiger partial charge in [-0.25, -0.2) is 8.42 Å². The molecule has 0 bridgehead atoms. The molecule has 1 aliphatic rings. The number of sulfone groups is 1. The molecule has 0 aromatic heterocycles. The van der Waals surface area contributed by atoms with Gasteiger partial charge in [0.1, 0.15) is 5.75 Å². The zero-order valence-electron chi connectivity index (χ0n) is 13.9. The molecule has 0 radical (unpaired) electrons. The maximum atomic E-state index is 12.1. The third-order valence-electron chi connectivity index (χ3n) is 3.94. The van der Waals surface area contributed by atoms with Crippen molar-refractivity contribution < 1.29 is 18.0 Å². The van der Waals surface area contributed by atoms with Crippen LogP contribution in [0.5, 0.6) is 0 Å². The van der Waals surface area contributed by atoms with Crippen LogP contribution in [0.1, 0.15) is 30.4 Å². The molecule has 0 aliphatic carbocycles. The first-order valence-electron chi connectivity index (χ1n) is 8.13. The number of nitriles is 1.